The molecule has 8 heteroatoms. The second-order valence-corrected chi connectivity index (χ2v) is 4.31. The van der Waals surface area contributed by atoms with E-state index in [-0.39, 0.29) is 23.0 Å². The van der Waals surface area contributed by atoms with E-state index in [0.29, 0.717) is 11.3 Å². The number of non-ortho nitro benzene ring substituents is 1. The van der Waals surface area contributed by atoms with Crippen LogP contribution in [0.15, 0.2) is 42.5 Å². The van der Waals surface area contributed by atoms with Crippen LogP contribution in [0.25, 0.3) is 0 Å². The fourth-order valence-electron chi connectivity index (χ4n) is 1.71. The van der Waals surface area contributed by atoms with Crippen LogP contribution in [-0.4, -0.2) is 9.85 Å². The molecule has 2 rings (SSSR count). The average molecular weight is 309 g/mol. The second kappa shape index (κ2) is 6.19. The van der Waals surface area contributed by atoms with E-state index >= 15 is 0 Å². The van der Waals surface area contributed by atoms with Gasteiger partial charge in [-0.25, -0.2) is 0 Å². The Balaban J connectivity index is 2.29. The van der Waals surface area contributed by atoms with Gasteiger partial charge in [0.25, 0.3) is 11.4 Å². The van der Waals surface area contributed by atoms with Gasteiger partial charge in [0.05, 0.1) is 21.8 Å². The molecule has 2 aromatic carbocycles. The van der Waals surface area contributed by atoms with E-state index in [4.69, 9.17) is 16.3 Å². The van der Waals surface area contributed by atoms with E-state index in [2.05, 4.69) is 0 Å². The molecule has 0 atom stereocenters. The van der Waals surface area contributed by atoms with Crippen molar-refractivity contribution in [1.29, 1.82) is 0 Å². The van der Waals surface area contributed by atoms with Gasteiger partial charge in [0.1, 0.15) is 11.5 Å². The third kappa shape index (κ3) is 3.46. The monoisotopic (exact) mass is 308 g/mol. The van der Waals surface area contributed by atoms with Crippen molar-refractivity contribution >= 4 is 23.0 Å². The van der Waals surface area contributed by atoms with Gasteiger partial charge in [-0.1, -0.05) is 6.07 Å². The van der Waals surface area contributed by atoms with Crippen molar-refractivity contribution in [3.05, 3.63) is 68.3 Å². The van der Waals surface area contributed by atoms with Crippen LogP contribution in [0.2, 0.25) is 0 Å². The van der Waals surface area contributed by atoms with E-state index < -0.39 is 9.85 Å². The maximum absolute atomic E-state index is 10.8. The molecule has 0 spiro atoms. The molecule has 0 unspecified atom stereocenters. The molecule has 0 amide bonds. The van der Waals surface area contributed by atoms with E-state index in [9.17, 15) is 20.2 Å². The highest BCUT2D eigenvalue weighted by molar-refractivity contribution is 6.17. The Kier molecular flexibility index (Phi) is 4.34. The number of halogens is 1. The maximum Gasteiger partial charge on any atom is 0.274 e. The summed E-state index contributed by atoms with van der Waals surface area (Å²) in [5.41, 5.74) is 0.105. The third-order valence-corrected chi connectivity index (χ3v) is 2.94. The van der Waals surface area contributed by atoms with Crippen LogP contribution in [0.5, 0.6) is 11.5 Å². The first-order valence-corrected chi connectivity index (χ1v) is 6.30. The summed E-state index contributed by atoms with van der Waals surface area (Å²) in [4.78, 5) is 20.4. The molecular weight excluding hydrogens is 300 g/mol. The zero-order valence-electron chi connectivity index (χ0n) is 10.6. The number of alkyl halides is 1. The van der Waals surface area contributed by atoms with Crippen molar-refractivity contribution in [3.63, 3.8) is 0 Å². The molecule has 0 saturated heterocycles. The van der Waals surface area contributed by atoms with Crippen LogP contribution in [0.1, 0.15) is 5.56 Å². The summed E-state index contributed by atoms with van der Waals surface area (Å²) in [6.07, 6.45) is 0. The molecule has 0 bridgehead atoms. The van der Waals surface area contributed by atoms with E-state index in [1.54, 1.807) is 6.07 Å². The largest absolute Gasteiger partial charge is 0.457 e. The lowest BCUT2D eigenvalue weighted by Gasteiger charge is -2.07. The van der Waals surface area contributed by atoms with Gasteiger partial charge >= 0.3 is 0 Å². The van der Waals surface area contributed by atoms with Crippen molar-refractivity contribution in [3.8, 4) is 11.5 Å². The third-order valence-electron chi connectivity index (χ3n) is 2.66. The minimum Gasteiger partial charge on any atom is -0.457 e. The predicted molar refractivity (Wildman–Crippen MR) is 75.8 cm³/mol. The summed E-state index contributed by atoms with van der Waals surface area (Å²) in [5.74, 6) is 0.540. The Hall–Kier alpha value is -2.67. The molecule has 7 nitrogen and oxygen atoms in total. The molecule has 0 saturated carbocycles. The van der Waals surface area contributed by atoms with Crippen LogP contribution in [0.4, 0.5) is 11.4 Å². The molecule has 0 heterocycles. The summed E-state index contributed by atoms with van der Waals surface area (Å²) in [5, 5.41) is 21.5. The highest BCUT2D eigenvalue weighted by Gasteiger charge is 2.14. The topological polar surface area (TPSA) is 95.5 Å². The van der Waals surface area contributed by atoms with Crippen molar-refractivity contribution < 1.29 is 14.6 Å². The van der Waals surface area contributed by atoms with Gasteiger partial charge < -0.3 is 4.74 Å². The summed E-state index contributed by atoms with van der Waals surface area (Å²) in [7, 11) is 0. The average Bonchev–Trinajstić information content (AvgIpc) is 2.47. The normalized spacial score (nSPS) is 10.1. The number of nitro groups is 2. The van der Waals surface area contributed by atoms with Crippen molar-refractivity contribution in [1.82, 2.24) is 0 Å². The zero-order valence-corrected chi connectivity index (χ0v) is 11.3. The molecular formula is C13H9ClN2O5. The number of ether oxygens (including phenoxy) is 1. The lowest BCUT2D eigenvalue weighted by molar-refractivity contribution is -0.385. The number of rotatable bonds is 5. The lowest BCUT2D eigenvalue weighted by Crippen LogP contribution is -1.95. The summed E-state index contributed by atoms with van der Waals surface area (Å²) in [6, 6.07) is 9.77. The number of benzene rings is 2. The highest BCUT2D eigenvalue weighted by atomic mass is 35.5. The van der Waals surface area contributed by atoms with Gasteiger partial charge in [0.15, 0.2) is 0 Å². The highest BCUT2D eigenvalue weighted by Crippen LogP contribution is 2.30. The fourth-order valence-corrected chi connectivity index (χ4v) is 1.92. The SMILES string of the molecule is O=[N+]([O-])c1cccc(Oc2ccc([N+](=O)[O-])c(CCl)c2)c1. The van der Waals surface area contributed by atoms with Crippen LogP contribution in [0, 0.1) is 20.2 Å². The Labute approximate surface area is 124 Å². The fraction of sp³-hybridized carbons (Fsp3) is 0.0769. The first-order chi connectivity index (χ1) is 10.0. The van der Waals surface area contributed by atoms with Crippen molar-refractivity contribution in [2.45, 2.75) is 5.88 Å². The van der Waals surface area contributed by atoms with Gasteiger partial charge in [0, 0.05) is 17.7 Å². The molecule has 0 fully saturated rings. The summed E-state index contributed by atoms with van der Waals surface area (Å²) >= 11 is 5.67. The van der Waals surface area contributed by atoms with E-state index in [1.165, 1.54) is 36.4 Å². The first-order valence-electron chi connectivity index (χ1n) is 5.77. The number of hydrogen-bond acceptors (Lipinski definition) is 5. The number of nitrogens with zero attached hydrogens (tertiary/aromatic N) is 2. The molecule has 0 aromatic heterocycles. The standard InChI is InChI=1S/C13H9ClN2O5/c14-8-9-6-12(4-5-13(9)16(19)20)21-11-3-1-2-10(7-11)15(17)18/h1-7H,8H2. The molecule has 0 radical (unpaired) electrons. The molecule has 0 aliphatic heterocycles. The maximum atomic E-state index is 10.8. The first kappa shape index (κ1) is 14.7. The second-order valence-electron chi connectivity index (χ2n) is 4.04. The Bertz CT molecular complexity index is 705. The Morgan fingerprint density at radius 3 is 2.33 bits per heavy atom. The minimum absolute atomic E-state index is 0.0392. The van der Waals surface area contributed by atoms with E-state index in [0.717, 1.165) is 0 Å². The molecule has 0 aliphatic carbocycles. The number of nitro benzene ring substituents is 2. The van der Waals surface area contributed by atoms with Gasteiger partial charge in [-0.3, -0.25) is 20.2 Å². The Morgan fingerprint density at radius 1 is 1.00 bits per heavy atom. The van der Waals surface area contributed by atoms with Gasteiger partial charge in [-0.15, -0.1) is 11.6 Å². The molecule has 0 N–H and O–H groups in total. The smallest absolute Gasteiger partial charge is 0.274 e. The van der Waals surface area contributed by atoms with Crippen LogP contribution >= 0.6 is 11.6 Å². The quantitative estimate of drug-likeness (QED) is 0.472. The number of hydrogen-bond donors (Lipinski definition) is 0. The lowest BCUT2D eigenvalue weighted by atomic mass is 10.2. The Morgan fingerprint density at radius 2 is 1.71 bits per heavy atom. The van der Waals surface area contributed by atoms with Gasteiger partial charge in [0.2, 0.25) is 0 Å². The minimum atomic E-state index is -0.535. The van der Waals surface area contributed by atoms with Crippen molar-refractivity contribution in [2.75, 3.05) is 0 Å². The van der Waals surface area contributed by atoms with Gasteiger partial charge in [-0.05, 0) is 18.2 Å². The predicted octanol–water partition coefficient (Wildman–Crippen LogP) is 4.03. The zero-order chi connectivity index (χ0) is 15.4. The summed E-state index contributed by atoms with van der Waals surface area (Å²) in [6.45, 7) is 0. The van der Waals surface area contributed by atoms with Gasteiger partial charge in [-0.2, -0.15) is 0 Å². The summed E-state index contributed by atoms with van der Waals surface area (Å²) < 4.78 is 5.46. The van der Waals surface area contributed by atoms with Crippen LogP contribution in [0.3, 0.4) is 0 Å². The molecule has 108 valence electrons. The molecule has 2 aromatic rings. The van der Waals surface area contributed by atoms with Crippen molar-refractivity contribution in [2.24, 2.45) is 0 Å². The molecule has 0 aliphatic rings. The van der Waals surface area contributed by atoms with E-state index in [1.807, 2.05) is 0 Å². The van der Waals surface area contributed by atoms with Crippen LogP contribution in [-0.2, 0) is 5.88 Å². The molecule has 21 heavy (non-hydrogen) atoms. The van der Waals surface area contributed by atoms with Crippen LogP contribution < -0.4 is 4.74 Å².